The van der Waals surface area contributed by atoms with E-state index in [1.165, 1.54) is 32.1 Å². The highest BCUT2D eigenvalue weighted by Gasteiger charge is 2.18. The first-order chi connectivity index (χ1) is 12.2. The van der Waals surface area contributed by atoms with E-state index < -0.39 is 0 Å². The van der Waals surface area contributed by atoms with Gasteiger partial charge in [0.1, 0.15) is 0 Å². The van der Waals surface area contributed by atoms with E-state index in [0.29, 0.717) is 16.8 Å². The molecule has 3 rings (SSSR count). The van der Waals surface area contributed by atoms with Gasteiger partial charge in [-0.15, -0.1) is 6.58 Å². The van der Waals surface area contributed by atoms with Gasteiger partial charge in [-0.05, 0) is 68.7 Å². The minimum Gasteiger partial charge on any atom is -0.235 e. The molecule has 1 aliphatic carbocycles. The Morgan fingerprint density at radius 2 is 1.76 bits per heavy atom. The maximum Gasteiger partial charge on any atom is 0.159 e. The van der Waals surface area contributed by atoms with Crippen LogP contribution >= 0.6 is 11.6 Å². The lowest BCUT2D eigenvalue weighted by Gasteiger charge is -2.25. The Labute approximate surface area is 155 Å². The Bertz CT molecular complexity index is 745. The van der Waals surface area contributed by atoms with Crippen molar-refractivity contribution in [2.24, 2.45) is 11.8 Å². The number of hydrogen-bond acceptors (Lipinski definition) is 2. The number of hydrogen-bond donors (Lipinski definition) is 0. The van der Waals surface area contributed by atoms with Crippen LogP contribution in [-0.2, 0) is 0 Å². The van der Waals surface area contributed by atoms with Crippen molar-refractivity contribution >= 4 is 11.6 Å². The number of aromatic nitrogens is 2. The monoisotopic (exact) mass is 350 g/mol. The van der Waals surface area contributed by atoms with Crippen LogP contribution in [0.15, 0.2) is 49.3 Å². The molecule has 2 aromatic rings. The smallest absolute Gasteiger partial charge is 0.159 e. The molecule has 3 heteroatoms. The molecule has 0 spiro atoms. The summed E-state index contributed by atoms with van der Waals surface area (Å²) < 4.78 is 0. The highest BCUT2D eigenvalue weighted by molar-refractivity contribution is 6.30. The molecule has 0 N–H and O–H groups in total. The van der Waals surface area contributed by atoms with E-state index in [-0.39, 0.29) is 0 Å². The molecule has 0 bridgehead atoms. The first kappa shape index (κ1) is 17.7. The van der Waals surface area contributed by atoms with Crippen LogP contribution in [0.3, 0.4) is 0 Å². The molecule has 2 nitrogen and oxygen atoms in total. The minimum absolute atomic E-state index is 0.510. The second-order valence-corrected chi connectivity index (χ2v) is 7.09. The van der Waals surface area contributed by atoms with E-state index in [9.17, 15) is 0 Å². The van der Waals surface area contributed by atoms with Crippen LogP contribution in [0, 0.1) is 23.7 Å². The van der Waals surface area contributed by atoms with Gasteiger partial charge in [-0.3, -0.25) is 0 Å². The summed E-state index contributed by atoms with van der Waals surface area (Å²) in [6.45, 7) is 3.81. The van der Waals surface area contributed by atoms with Crippen LogP contribution in [0.2, 0.25) is 5.02 Å². The van der Waals surface area contributed by atoms with Gasteiger partial charge < -0.3 is 0 Å². The highest BCUT2D eigenvalue weighted by atomic mass is 35.5. The molecule has 0 atom stereocenters. The molecule has 128 valence electrons. The lowest BCUT2D eigenvalue weighted by molar-refractivity contribution is 0.303. The number of halogens is 1. The van der Waals surface area contributed by atoms with Crippen LogP contribution in [-0.4, -0.2) is 9.97 Å². The summed E-state index contributed by atoms with van der Waals surface area (Å²) >= 11 is 5.91. The Kier molecular flexibility index (Phi) is 6.25. The van der Waals surface area contributed by atoms with E-state index in [2.05, 4.69) is 28.4 Å². The molecule has 0 saturated heterocycles. The predicted molar refractivity (Wildman–Crippen MR) is 104 cm³/mol. The van der Waals surface area contributed by atoms with E-state index in [1.54, 1.807) is 12.4 Å². The van der Waals surface area contributed by atoms with Gasteiger partial charge in [0, 0.05) is 28.9 Å². The molecule has 0 amide bonds. The quantitative estimate of drug-likeness (QED) is 0.505. The third-order valence-electron chi connectivity index (χ3n) is 4.80. The van der Waals surface area contributed by atoms with Crippen LogP contribution in [0.1, 0.15) is 44.1 Å². The number of benzene rings is 1. The van der Waals surface area contributed by atoms with Crippen molar-refractivity contribution in [3.63, 3.8) is 0 Å². The normalized spacial score (nSPS) is 19.7. The van der Waals surface area contributed by atoms with Crippen molar-refractivity contribution in [3.8, 4) is 23.2 Å². The summed E-state index contributed by atoms with van der Waals surface area (Å²) in [5.74, 6) is 8.73. The molecule has 1 heterocycles. The fourth-order valence-electron chi connectivity index (χ4n) is 3.28. The maximum atomic E-state index is 5.91. The van der Waals surface area contributed by atoms with Crippen molar-refractivity contribution in [1.29, 1.82) is 0 Å². The van der Waals surface area contributed by atoms with Crippen LogP contribution in [0.4, 0.5) is 0 Å². The molecule has 0 radical (unpaired) electrons. The summed E-state index contributed by atoms with van der Waals surface area (Å²) in [6, 6.07) is 7.54. The molecule has 1 aliphatic rings. The summed E-state index contributed by atoms with van der Waals surface area (Å²) in [7, 11) is 0. The third kappa shape index (κ3) is 5.18. The molecule has 1 aromatic carbocycles. The van der Waals surface area contributed by atoms with Crippen molar-refractivity contribution in [2.45, 2.75) is 38.5 Å². The van der Waals surface area contributed by atoms with Gasteiger partial charge in [0.05, 0.1) is 5.56 Å². The average Bonchev–Trinajstić information content (AvgIpc) is 2.67. The van der Waals surface area contributed by atoms with Gasteiger partial charge in [0.2, 0.25) is 0 Å². The predicted octanol–water partition coefficient (Wildman–Crippen LogP) is 5.92. The summed E-state index contributed by atoms with van der Waals surface area (Å²) in [4.78, 5) is 8.84. The Morgan fingerprint density at radius 1 is 1.08 bits per heavy atom. The zero-order valence-electron chi connectivity index (χ0n) is 14.4. The standard InChI is InChI=1S/C22H23ClN2/c1-2-3-4-17-5-7-18(8-6-17)9-10-19-15-24-22(25-16-19)20-11-13-21(23)14-12-20/h2,11-18H,1,3-8H2. The van der Waals surface area contributed by atoms with E-state index >= 15 is 0 Å². The molecule has 1 fully saturated rings. The fraction of sp³-hybridized carbons (Fsp3) is 0.364. The Morgan fingerprint density at radius 3 is 2.40 bits per heavy atom. The Balaban J connectivity index is 1.57. The number of rotatable bonds is 4. The van der Waals surface area contributed by atoms with E-state index in [4.69, 9.17) is 11.6 Å². The van der Waals surface area contributed by atoms with Crippen LogP contribution in [0.25, 0.3) is 11.4 Å². The van der Waals surface area contributed by atoms with E-state index in [0.717, 1.165) is 23.5 Å². The first-order valence-electron chi connectivity index (χ1n) is 8.95. The summed E-state index contributed by atoms with van der Waals surface area (Å²) in [5, 5.41) is 0.713. The summed E-state index contributed by atoms with van der Waals surface area (Å²) in [6.07, 6.45) is 13.1. The second-order valence-electron chi connectivity index (χ2n) is 6.66. The van der Waals surface area contributed by atoms with Crippen molar-refractivity contribution in [2.75, 3.05) is 0 Å². The summed E-state index contributed by atoms with van der Waals surface area (Å²) in [5.41, 5.74) is 1.84. The molecular weight excluding hydrogens is 328 g/mol. The largest absolute Gasteiger partial charge is 0.235 e. The van der Waals surface area contributed by atoms with Crippen molar-refractivity contribution < 1.29 is 0 Å². The molecule has 1 saturated carbocycles. The minimum atomic E-state index is 0.510. The zero-order valence-corrected chi connectivity index (χ0v) is 15.2. The van der Waals surface area contributed by atoms with Gasteiger partial charge in [-0.2, -0.15) is 0 Å². The number of allylic oxidation sites excluding steroid dienone is 1. The van der Waals surface area contributed by atoms with Crippen molar-refractivity contribution in [1.82, 2.24) is 9.97 Å². The van der Waals surface area contributed by atoms with E-state index in [1.807, 2.05) is 30.3 Å². The lowest BCUT2D eigenvalue weighted by Crippen LogP contribution is -2.13. The third-order valence-corrected chi connectivity index (χ3v) is 5.05. The molecule has 1 aromatic heterocycles. The molecular formula is C22H23ClN2. The molecule has 0 unspecified atom stereocenters. The fourth-order valence-corrected chi connectivity index (χ4v) is 3.40. The zero-order chi connectivity index (χ0) is 17.5. The van der Waals surface area contributed by atoms with Crippen LogP contribution < -0.4 is 0 Å². The molecule has 25 heavy (non-hydrogen) atoms. The maximum absolute atomic E-state index is 5.91. The number of nitrogens with zero attached hydrogens (tertiary/aromatic N) is 2. The SMILES string of the molecule is C=CCCC1CCC(C#Cc2cnc(-c3ccc(Cl)cc3)nc2)CC1. The Hall–Kier alpha value is -2.11. The van der Waals surface area contributed by atoms with Gasteiger partial charge >= 0.3 is 0 Å². The van der Waals surface area contributed by atoms with Gasteiger partial charge in [-0.25, -0.2) is 9.97 Å². The topological polar surface area (TPSA) is 25.8 Å². The average molecular weight is 351 g/mol. The lowest BCUT2D eigenvalue weighted by atomic mass is 9.80. The van der Waals surface area contributed by atoms with Crippen LogP contribution in [0.5, 0.6) is 0 Å². The van der Waals surface area contributed by atoms with Gasteiger partial charge in [0.25, 0.3) is 0 Å². The first-order valence-corrected chi connectivity index (χ1v) is 9.33. The van der Waals surface area contributed by atoms with Gasteiger partial charge in [-0.1, -0.05) is 29.5 Å². The highest BCUT2D eigenvalue weighted by Crippen LogP contribution is 2.31. The van der Waals surface area contributed by atoms with Gasteiger partial charge in [0.15, 0.2) is 5.82 Å². The second kappa shape index (κ2) is 8.83. The molecule has 0 aliphatic heterocycles. The van der Waals surface area contributed by atoms with Crippen molar-refractivity contribution in [3.05, 3.63) is 59.9 Å².